The molecule has 0 atom stereocenters. The summed E-state index contributed by atoms with van der Waals surface area (Å²) >= 11 is 0. The molecule has 11 aromatic rings. The molecule has 59 heavy (non-hydrogen) atoms. The molecule has 11 rings (SSSR count). The monoisotopic (exact) mass is 753 g/mol. The average molecular weight is 754 g/mol. The minimum Gasteiger partial charge on any atom is -0.456 e. The third kappa shape index (κ3) is 6.53. The van der Waals surface area contributed by atoms with Gasteiger partial charge in [-0.15, -0.1) is 0 Å². The molecule has 4 heteroatoms. The number of nitrogens with zero attached hydrogens (tertiary/aromatic N) is 3. The summed E-state index contributed by atoms with van der Waals surface area (Å²) in [7, 11) is 0. The topological polar surface area (TPSA) is 51.8 Å². The van der Waals surface area contributed by atoms with Crippen LogP contribution in [0.5, 0.6) is 0 Å². The van der Waals surface area contributed by atoms with Crippen LogP contribution in [-0.4, -0.2) is 15.0 Å². The minimum atomic E-state index is 0.577. The van der Waals surface area contributed by atoms with Crippen molar-refractivity contribution in [2.75, 3.05) is 0 Å². The first-order chi connectivity index (χ1) is 29.2. The van der Waals surface area contributed by atoms with E-state index in [0.717, 1.165) is 72.0 Å². The quantitative estimate of drug-likeness (QED) is 0.163. The average Bonchev–Trinajstić information content (AvgIpc) is 3.70. The van der Waals surface area contributed by atoms with Gasteiger partial charge in [-0.1, -0.05) is 182 Å². The van der Waals surface area contributed by atoms with Gasteiger partial charge in [-0.25, -0.2) is 15.0 Å². The maximum atomic E-state index is 6.58. The van der Waals surface area contributed by atoms with Gasteiger partial charge < -0.3 is 4.42 Å². The van der Waals surface area contributed by atoms with E-state index in [1.54, 1.807) is 0 Å². The summed E-state index contributed by atoms with van der Waals surface area (Å²) in [5.74, 6) is 1.78. The van der Waals surface area contributed by atoms with E-state index >= 15 is 0 Å². The van der Waals surface area contributed by atoms with Gasteiger partial charge in [-0.05, 0) is 85.6 Å². The predicted molar refractivity (Wildman–Crippen MR) is 243 cm³/mol. The summed E-state index contributed by atoms with van der Waals surface area (Å²) in [5.41, 5.74) is 13.5. The molecule has 2 aromatic heterocycles. The van der Waals surface area contributed by atoms with E-state index in [9.17, 15) is 0 Å². The van der Waals surface area contributed by atoms with E-state index in [1.807, 2.05) is 18.2 Å². The zero-order chi connectivity index (χ0) is 39.1. The molecular weight excluding hydrogens is 719 g/mol. The summed E-state index contributed by atoms with van der Waals surface area (Å²) in [5, 5.41) is 4.57. The predicted octanol–water partition coefficient (Wildman–Crippen LogP) is 14.6. The van der Waals surface area contributed by atoms with E-state index in [-0.39, 0.29) is 0 Å². The Hall–Kier alpha value is -7.95. The highest BCUT2D eigenvalue weighted by Gasteiger charge is 2.17. The number of furan rings is 1. The molecule has 4 nitrogen and oxygen atoms in total. The zero-order valence-corrected chi connectivity index (χ0v) is 32.0. The highest BCUT2D eigenvalue weighted by molar-refractivity contribution is 6.13. The molecule has 0 N–H and O–H groups in total. The number of benzene rings is 9. The van der Waals surface area contributed by atoms with Crippen LogP contribution in [0.4, 0.5) is 0 Å². The van der Waals surface area contributed by atoms with Crippen LogP contribution in [0.1, 0.15) is 0 Å². The van der Waals surface area contributed by atoms with Crippen molar-refractivity contribution in [1.29, 1.82) is 0 Å². The second-order valence-electron chi connectivity index (χ2n) is 14.8. The van der Waals surface area contributed by atoms with Gasteiger partial charge >= 0.3 is 0 Å². The number of fused-ring (bicyclic) bond motifs is 4. The Kier molecular flexibility index (Phi) is 8.45. The molecule has 0 bridgehead atoms. The lowest BCUT2D eigenvalue weighted by Crippen LogP contribution is -2.00. The van der Waals surface area contributed by atoms with Gasteiger partial charge in [-0.3, -0.25) is 0 Å². The van der Waals surface area contributed by atoms with Crippen molar-refractivity contribution in [3.63, 3.8) is 0 Å². The van der Waals surface area contributed by atoms with Gasteiger partial charge in [-0.2, -0.15) is 0 Å². The largest absolute Gasteiger partial charge is 0.456 e. The standard InChI is InChI=1S/C55H35N3O/c1-3-11-36(12-4-1)39-21-26-41(27-22-39)48-19-10-20-50-52(48)49-32-31-47(35-51(49)59-50)55-57-53(56-54(58-55)46-18-9-17-44(34-46)37-13-5-2-6-14-37)42-28-23-40(24-29-42)45-30-25-38-15-7-8-16-43(38)33-45/h1-35H. The second kappa shape index (κ2) is 14.5. The molecule has 276 valence electrons. The molecule has 0 unspecified atom stereocenters. The van der Waals surface area contributed by atoms with Crippen LogP contribution < -0.4 is 0 Å². The summed E-state index contributed by atoms with van der Waals surface area (Å²) in [6.45, 7) is 0. The van der Waals surface area contributed by atoms with Crippen molar-refractivity contribution in [3.05, 3.63) is 212 Å². The molecule has 0 saturated heterocycles. The van der Waals surface area contributed by atoms with Gasteiger partial charge in [0, 0.05) is 27.5 Å². The Morgan fingerprint density at radius 3 is 1.47 bits per heavy atom. The van der Waals surface area contributed by atoms with E-state index in [1.165, 1.54) is 21.9 Å². The molecule has 2 heterocycles. The van der Waals surface area contributed by atoms with E-state index in [2.05, 4.69) is 194 Å². The molecule has 0 aliphatic heterocycles. The normalized spacial score (nSPS) is 11.4. The highest BCUT2D eigenvalue weighted by Crippen LogP contribution is 2.39. The van der Waals surface area contributed by atoms with Gasteiger partial charge in [0.25, 0.3) is 0 Å². The van der Waals surface area contributed by atoms with Crippen LogP contribution >= 0.6 is 0 Å². The van der Waals surface area contributed by atoms with E-state index < -0.39 is 0 Å². The summed E-state index contributed by atoms with van der Waals surface area (Å²) in [4.78, 5) is 15.3. The van der Waals surface area contributed by atoms with Crippen molar-refractivity contribution < 1.29 is 4.42 Å². The Morgan fingerprint density at radius 1 is 0.271 bits per heavy atom. The van der Waals surface area contributed by atoms with Crippen LogP contribution in [0.25, 0.3) is 111 Å². The molecule has 9 aromatic carbocycles. The fourth-order valence-electron chi connectivity index (χ4n) is 8.09. The Balaban J connectivity index is 1.00. The lowest BCUT2D eigenvalue weighted by Gasteiger charge is -2.10. The van der Waals surface area contributed by atoms with Crippen molar-refractivity contribution in [1.82, 2.24) is 15.0 Å². The van der Waals surface area contributed by atoms with Crippen molar-refractivity contribution >= 4 is 32.7 Å². The summed E-state index contributed by atoms with van der Waals surface area (Å²) < 4.78 is 6.58. The molecule has 0 aliphatic rings. The first kappa shape index (κ1) is 34.3. The second-order valence-corrected chi connectivity index (χ2v) is 14.8. The number of hydrogen-bond acceptors (Lipinski definition) is 4. The lowest BCUT2D eigenvalue weighted by molar-refractivity contribution is 0.669. The van der Waals surface area contributed by atoms with Crippen molar-refractivity contribution in [2.24, 2.45) is 0 Å². The summed E-state index contributed by atoms with van der Waals surface area (Å²) in [6, 6.07) is 74.1. The first-order valence-corrected chi connectivity index (χ1v) is 19.8. The number of rotatable bonds is 7. The fourth-order valence-corrected chi connectivity index (χ4v) is 8.09. The maximum absolute atomic E-state index is 6.58. The SMILES string of the molecule is c1ccc(-c2ccc(-c3cccc4oc5cc(-c6nc(-c7ccc(-c8ccc9ccccc9c8)cc7)nc(-c7cccc(-c8ccccc8)c7)n6)ccc5c34)cc2)cc1. The Labute approximate surface area is 341 Å². The molecule has 0 saturated carbocycles. The van der Waals surface area contributed by atoms with Crippen LogP contribution in [0.3, 0.4) is 0 Å². The van der Waals surface area contributed by atoms with Crippen LogP contribution in [-0.2, 0) is 0 Å². The lowest BCUT2D eigenvalue weighted by atomic mass is 9.96. The smallest absolute Gasteiger partial charge is 0.164 e. The maximum Gasteiger partial charge on any atom is 0.164 e. The Bertz CT molecular complexity index is 3300. The van der Waals surface area contributed by atoms with Gasteiger partial charge in [0.1, 0.15) is 11.2 Å². The molecule has 0 radical (unpaired) electrons. The third-order valence-electron chi connectivity index (χ3n) is 11.1. The molecule has 0 spiro atoms. The van der Waals surface area contributed by atoms with E-state index in [0.29, 0.717) is 17.5 Å². The molecule has 0 amide bonds. The van der Waals surface area contributed by atoms with Crippen LogP contribution in [0.15, 0.2) is 217 Å². The van der Waals surface area contributed by atoms with Crippen molar-refractivity contribution in [2.45, 2.75) is 0 Å². The van der Waals surface area contributed by atoms with Crippen LogP contribution in [0.2, 0.25) is 0 Å². The molecule has 0 aliphatic carbocycles. The number of hydrogen-bond donors (Lipinski definition) is 0. The third-order valence-corrected chi connectivity index (χ3v) is 11.1. The first-order valence-electron chi connectivity index (χ1n) is 19.8. The fraction of sp³-hybridized carbons (Fsp3) is 0. The highest BCUT2D eigenvalue weighted by atomic mass is 16.3. The minimum absolute atomic E-state index is 0.577. The van der Waals surface area contributed by atoms with Gasteiger partial charge in [0.15, 0.2) is 17.5 Å². The van der Waals surface area contributed by atoms with Crippen molar-refractivity contribution in [3.8, 4) is 78.7 Å². The Morgan fingerprint density at radius 2 is 0.746 bits per heavy atom. The van der Waals surface area contributed by atoms with Crippen LogP contribution in [0, 0.1) is 0 Å². The molecule has 0 fully saturated rings. The van der Waals surface area contributed by atoms with E-state index in [4.69, 9.17) is 19.4 Å². The zero-order valence-electron chi connectivity index (χ0n) is 32.0. The summed E-state index contributed by atoms with van der Waals surface area (Å²) in [6.07, 6.45) is 0. The van der Waals surface area contributed by atoms with Gasteiger partial charge in [0.05, 0.1) is 0 Å². The molecular formula is C55H35N3O. The number of aromatic nitrogens is 3. The van der Waals surface area contributed by atoms with Gasteiger partial charge in [0.2, 0.25) is 0 Å².